The maximum absolute atomic E-state index is 12.1. The summed E-state index contributed by atoms with van der Waals surface area (Å²) in [7, 11) is 0. The van der Waals surface area contributed by atoms with E-state index in [9.17, 15) is 4.79 Å². The largest absolute Gasteiger partial charge is 0.494 e. The smallest absolute Gasteiger partial charge is 0.259 e. The van der Waals surface area contributed by atoms with Gasteiger partial charge in [0.05, 0.1) is 17.5 Å². The van der Waals surface area contributed by atoms with E-state index in [4.69, 9.17) is 4.74 Å². The number of aromatic amines is 1. The highest BCUT2D eigenvalue weighted by Crippen LogP contribution is 2.20. The molecule has 0 spiro atoms. The second-order valence-electron chi connectivity index (χ2n) is 5.99. The molecule has 0 aliphatic heterocycles. The Morgan fingerprint density at radius 1 is 1.09 bits per heavy atom. The van der Waals surface area contributed by atoms with Crippen LogP contribution in [0.3, 0.4) is 0 Å². The zero-order valence-electron chi connectivity index (χ0n) is 13.4. The predicted octanol–water partition coefficient (Wildman–Crippen LogP) is 4.02. The summed E-state index contributed by atoms with van der Waals surface area (Å²) in [4.78, 5) is 19.5. The van der Waals surface area contributed by atoms with Gasteiger partial charge in [0.25, 0.3) is 5.56 Å². The highest BCUT2D eigenvalue weighted by molar-refractivity contribution is 5.79. The Hall–Kier alpha value is -2.62. The minimum Gasteiger partial charge on any atom is -0.494 e. The molecule has 4 heteroatoms. The number of aromatic nitrogens is 2. The second kappa shape index (κ2) is 6.65. The van der Waals surface area contributed by atoms with Gasteiger partial charge in [-0.25, -0.2) is 4.98 Å². The van der Waals surface area contributed by atoms with Gasteiger partial charge in [0, 0.05) is 5.56 Å². The Balaban J connectivity index is 1.83. The lowest BCUT2D eigenvalue weighted by molar-refractivity contribution is 0.289. The Kier molecular flexibility index (Phi) is 4.42. The first-order valence-corrected chi connectivity index (χ1v) is 7.86. The van der Waals surface area contributed by atoms with Gasteiger partial charge in [-0.05, 0) is 48.7 Å². The topological polar surface area (TPSA) is 55.0 Å². The van der Waals surface area contributed by atoms with Crippen LogP contribution in [0.2, 0.25) is 0 Å². The van der Waals surface area contributed by atoms with Crippen LogP contribution in [-0.2, 0) is 0 Å². The number of para-hydroxylation sites is 1. The fourth-order valence-corrected chi connectivity index (χ4v) is 2.34. The number of benzene rings is 2. The van der Waals surface area contributed by atoms with Crippen molar-refractivity contribution in [1.82, 2.24) is 9.97 Å². The van der Waals surface area contributed by atoms with E-state index in [0.29, 0.717) is 29.3 Å². The first-order valence-electron chi connectivity index (χ1n) is 7.86. The number of nitrogens with one attached hydrogen (secondary N) is 1. The van der Waals surface area contributed by atoms with Crippen molar-refractivity contribution in [2.75, 3.05) is 6.61 Å². The first kappa shape index (κ1) is 15.3. The normalized spacial score (nSPS) is 11.1. The number of ether oxygens (including phenoxy) is 1. The molecule has 0 atom stereocenters. The number of hydrogen-bond donors (Lipinski definition) is 1. The van der Waals surface area contributed by atoms with Crippen molar-refractivity contribution < 1.29 is 4.74 Å². The highest BCUT2D eigenvalue weighted by atomic mass is 16.5. The van der Waals surface area contributed by atoms with Crippen LogP contribution in [0.15, 0.2) is 53.3 Å². The minimum absolute atomic E-state index is 0.122. The monoisotopic (exact) mass is 308 g/mol. The summed E-state index contributed by atoms with van der Waals surface area (Å²) in [6.45, 7) is 5.06. The number of rotatable bonds is 5. The third-order valence-electron chi connectivity index (χ3n) is 3.70. The molecule has 3 rings (SSSR count). The molecule has 0 aliphatic rings. The van der Waals surface area contributed by atoms with E-state index in [-0.39, 0.29) is 5.56 Å². The molecule has 1 N–H and O–H groups in total. The lowest BCUT2D eigenvalue weighted by Crippen LogP contribution is -2.09. The standard InChI is InChI=1S/C19H20N2O2/c1-13(2)11-12-23-15-9-7-14(8-10-15)18-20-17-6-4-3-5-16(17)19(22)21-18/h3-10,13H,11-12H2,1-2H3,(H,20,21,22). The minimum atomic E-state index is -0.122. The average Bonchev–Trinajstić information content (AvgIpc) is 2.55. The van der Waals surface area contributed by atoms with Crippen molar-refractivity contribution in [1.29, 1.82) is 0 Å². The molecule has 0 radical (unpaired) electrons. The number of fused-ring (bicyclic) bond motifs is 1. The summed E-state index contributed by atoms with van der Waals surface area (Å²) < 4.78 is 5.71. The van der Waals surface area contributed by atoms with E-state index in [1.165, 1.54) is 0 Å². The summed E-state index contributed by atoms with van der Waals surface area (Å²) in [5.41, 5.74) is 1.44. The van der Waals surface area contributed by atoms with Crippen LogP contribution in [0.1, 0.15) is 20.3 Å². The lowest BCUT2D eigenvalue weighted by Gasteiger charge is -2.09. The SMILES string of the molecule is CC(C)CCOc1ccc(-c2nc3ccccc3c(=O)[nH]2)cc1. The molecular formula is C19H20N2O2. The van der Waals surface area contributed by atoms with E-state index in [0.717, 1.165) is 17.7 Å². The van der Waals surface area contributed by atoms with Gasteiger partial charge < -0.3 is 9.72 Å². The summed E-state index contributed by atoms with van der Waals surface area (Å²) in [6, 6.07) is 15.0. The molecule has 23 heavy (non-hydrogen) atoms. The molecule has 1 heterocycles. The third kappa shape index (κ3) is 3.59. The number of H-pyrrole nitrogens is 1. The molecule has 1 aromatic heterocycles. The van der Waals surface area contributed by atoms with Crippen LogP contribution in [0.5, 0.6) is 5.75 Å². The molecule has 3 aromatic rings. The maximum Gasteiger partial charge on any atom is 0.259 e. The maximum atomic E-state index is 12.1. The van der Waals surface area contributed by atoms with Crippen molar-refractivity contribution in [2.24, 2.45) is 5.92 Å². The lowest BCUT2D eigenvalue weighted by atomic mass is 10.1. The Labute approximate surface area is 135 Å². The van der Waals surface area contributed by atoms with Crippen molar-refractivity contribution in [3.63, 3.8) is 0 Å². The molecule has 0 saturated carbocycles. The molecular weight excluding hydrogens is 288 g/mol. The van der Waals surface area contributed by atoms with Gasteiger partial charge in [-0.15, -0.1) is 0 Å². The van der Waals surface area contributed by atoms with Crippen molar-refractivity contribution in [2.45, 2.75) is 20.3 Å². The molecule has 0 aliphatic carbocycles. The number of nitrogens with zero attached hydrogens (tertiary/aromatic N) is 1. The molecule has 4 nitrogen and oxygen atoms in total. The van der Waals surface area contributed by atoms with Crippen LogP contribution in [0.4, 0.5) is 0 Å². The Morgan fingerprint density at radius 2 is 1.83 bits per heavy atom. The van der Waals surface area contributed by atoms with Gasteiger partial charge in [-0.2, -0.15) is 0 Å². The first-order chi connectivity index (χ1) is 11.1. The van der Waals surface area contributed by atoms with E-state index in [1.54, 1.807) is 6.07 Å². The zero-order valence-corrected chi connectivity index (χ0v) is 13.4. The van der Waals surface area contributed by atoms with Crippen LogP contribution in [-0.4, -0.2) is 16.6 Å². The van der Waals surface area contributed by atoms with Crippen molar-refractivity contribution >= 4 is 10.9 Å². The molecule has 0 amide bonds. The summed E-state index contributed by atoms with van der Waals surface area (Å²) in [5, 5.41) is 0.602. The van der Waals surface area contributed by atoms with Crippen molar-refractivity contribution in [3.8, 4) is 17.1 Å². The fourth-order valence-electron chi connectivity index (χ4n) is 2.34. The van der Waals surface area contributed by atoms with Crippen molar-refractivity contribution in [3.05, 3.63) is 58.9 Å². The van der Waals surface area contributed by atoms with Crippen LogP contribution >= 0.6 is 0 Å². The summed E-state index contributed by atoms with van der Waals surface area (Å²) in [5.74, 6) is 2.03. The van der Waals surface area contributed by atoms with Gasteiger partial charge in [0.15, 0.2) is 0 Å². The molecule has 2 aromatic carbocycles. The highest BCUT2D eigenvalue weighted by Gasteiger charge is 2.06. The zero-order chi connectivity index (χ0) is 16.2. The van der Waals surface area contributed by atoms with Gasteiger partial charge in [-0.1, -0.05) is 26.0 Å². The summed E-state index contributed by atoms with van der Waals surface area (Å²) in [6.07, 6.45) is 1.03. The second-order valence-corrected chi connectivity index (χ2v) is 5.99. The predicted molar refractivity (Wildman–Crippen MR) is 92.7 cm³/mol. The van der Waals surface area contributed by atoms with E-state index in [2.05, 4.69) is 23.8 Å². The van der Waals surface area contributed by atoms with Gasteiger partial charge in [0.2, 0.25) is 0 Å². The summed E-state index contributed by atoms with van der Waals surface area (Å²) >= 11 is 0. The van der Waals surface area contributed by atoms with E-state index in [1.807, 2.05) is 42.5 Å². The van der Waals surface area contributed by atoms with Gasteiger partial charge >= 0.3 is 0 Å². The van der Waals surface area contributed by atoms with Crippen LogP contribution in [0, 0.1) is 5.92 Å². The molecule has 0 fully saturated rings. The molecule has 0 saturated heterocycles. The van der Waals surface area contributed by atoms with Crippen LogP contribution in [0.25, 0.3) is 22.3 Å². The molecule has 118 valence electrons. The Bertz CT molecular complexity index is 851. The van der Waals surface area contributed by atoms with Crippen LogP contribution < -0.4 is 10.3 Å². The number of hydrogen-bond acceptors (Lipinski definition) is 3. The van der Waals surface area contributed by atoms with E-state index < -0.39 is 0 Å². The van der Waals surface area contributed by atoms with Gasteiger partial charge in [0.1, 0.15) is 11.6 Å². The molecule has 0 bridgehead atoms. The quantitative estimate of drug-likeness (QED) is 0.774. The average molecular weight is 308 g/mol. The van der Waals surface area contributed by atoms with Gasteiger partial charge in [-0.3, -0.25) is 4.79 Å². The third-order valence-corrected chi connectivity index (χ3v) is 3.70. The van der Waals surface area contributed by atoms with E-state index >= 15 is 0 Å². The fraction of sp³-hybridized carbons (Fsp3) is 0.263. The Morgan fingerprint density at radius 3 is 2.57 bits per heavy atom. The molecule has 0 unspecified atom stereocenters.